The Labute approximate surface area is 125 Å². The van der Waals surface area contributed by atoms with Crippen molar-refractivity contribution in [1.29, 1.82) is 0 Å². The molecule has 0 aromatic carbocycles. The molecule has 1 aliphatic carbocycles. The molecule has 3 nitrogen and oxygen atoms in total. The Bertz CT molecular complexity index is 264. The van der Waals surface area contributed by atoms with E-state index >= 15 is 0 Å². The van der Waals surface area contributed by atoms with Gasteiger partial charge in [-0.25, -0.2) is 0 Å². The molecule has 0 aromatic heterocycles. The van der Waals surface area contributed by atoms with Gasteiger partial charge in [-0.1, -0.05) is 33.1 Å². The molecule has 0 radical (unpaired) electrons. The lowest BCUT2D eigenvalue weighted by Crippen LogP contribution is -2.59. The van der Waals surface area contributed by atoms with Crippen LogP contribution in [0.15, 0.2) is 0 Å². The van der Waals surface area contributed by atoms with Gasteiger partial charge in [0.1, 0.15) is 0 Å². The van der Waals surface area contributed by atoms with E-state index < -0.39 is 0 Å². The lowest BCUT2D eigenvalue weighted by atomic mass is 9.82. The van der Waals surface area contributed by atoms with E-state index in [1.54, 1.807) is 0 Å². The van der Waals surface area contributed by atoms with E-state index in [9.17, 15) is 0 Å². The highest BCUT2D eigenvalue weighted by molar-refractivity contribution is 4.91. The zero-order valence-electron chi connectivity index (χ0n) is 13.7. The van der Waals surface area contributed by atoms with Crippen molar-refractivity contribution in [2.45, 2.75) is 64.5 Å². The number of methoxy groups -OCH3 is 1. The van der Waals surface area contributed by atoms with Crippen molar-refractivity contribution in [3.63, 3.8) is 0 Å². The number of rotatable bonds is 6. The van der Waals surface area contributed by atoms with E-state index in [1.165, 1.54) is 51.6 Å². The van der Waals surface area contributed by atoms with Gasteiger partial charge in [0.25, 0.3) is 0 Å². The predicted octanol–water partition coefficient (Wildman–Crippen LogP) is 2.90. The van der Waals surface area contributed by atoms with Crippen molar-refractivity contribution in [2.24, 2.45) is 11.8 Å². The summed E-state index contributed by atoms with van der Waals surface area (Å²) >= 11 is 0. The van der Waals surface area contributed by atoms with Crippen LogP contribution in [0, 0.1) is 11.8 Å². The van der Waals surface area contributed by atoms with Gasteiger partial charge in [0, 0.05) is 38.8 Å². The summed E-state index contributed by atoms with van der Waals surface area (Å²) in [5.41, 5.74) is 0. The second-order valence-corrected chi connectivity index (χ2v) is 7.19. The van der Waals surface area contributed by atoms with E-state index in [4.69, 9.17) is 4.74 Å². The highest BCUT2D eigenvalue weighted by Crippen LogP contribution is 2.30. The third kappa shape index (κ3) is 4.71. The molecule has 1 saturated heterocycles. The summed E-state index contributed by atoms with van der Waals surface area (Å²) in [6, 6.07) is 1.42. The lowest BCUT2D eigenvalue weighted by Gasteiger charge is -2.45. The van der Waals surface area contributed by atoms with Crippen LogP contribution in [-0.2, 0) is 4.74 Å². The van der Waals surface area contributed by atoms with E-state index in [2.05, 4.69) is 24.1 Å². The summed E-state index contributed by atoms with van der Waals surface area (Å²) in [6.45, 7) is 9.03. The van der Waals surface area contributed by atoms with Crippen molar-refractivity contribution < 1.29 is 4.74 Å². The molecule has 1 N–H and O–H groups in total. The van der Waals surface area contributed by atoms with Crippen LogP contribution in [0.4, 0.5) is 0 Å². The highest BCUT2D eigenvalue weighted by atomic mass is 16.5. The molecule has 1 heterocycles. The van der Waals surface area contributed by atoms with Gasteiger partial charge in [-0.15, -0.1) is 0 Å². The third-order valence-corrected chi connectivity index (χ3v) is 5.07. The first-order valence-electron chi connectivity index (χ1n) is 8.67. The summed E-state index contributed by atoms with van der Waals surface area (Å²) in [4.78, 5) is 2.73. The van der Waals surface area contributed by atoms with Gasteiger partial charge in [0.15, 0.2) is 0 Å². The Kier molecular flexibility index (Phi) is 6.79. The normalized spacial score (nSPS) is 30.0. The number of hydrogen-bond acceptors (Lipinski definition) is 3. The van der Waals surface area contributed by atoms with Gasteiger partial charge in [0.05, 0.1) is 6.61 Å². The molecule has 1 saturated carbocycles. The van der Waals surface area contributed by atoms with E-state index in [-0.39, 0.29) is 0 Å². The quantitative estimate of drug-likeness (QED) is 0.811. The molecule has 2 fully saturated rings. The van der Waals surface area contributed by atoms with E-state index in [1.807, 2.05) is 7.11 Å². The zero-order valence-corrected chi connectivity index (χ0v) is 13.7. The van der Waals surface area contributed by atoms with Crippen LogP contribution in [0.3, 0.4) is 0 Å². The average molecular weight is 282 g/mol. The van der Waals surface area contributed by atoms with Crippen molar-refractivity contribution in [3.8, 4) is 0 Å². The molecule has 20 heavy (non-hydrogen) atoms. The van der Waals surface area contributed by atoms with Crippen molar-refractivity contribution >= 4 is 0 Å². The van der Waals surface area contributed by atoms with Crippen LogP contribution in [0.1, 0.15) is 52.4 Å². The van der Waals surface area contributed by atoms with Gasteiger partial charge < -0.3 is 10.1 Å². The fourth-order valence-electron chi connectivity index (χ4n) is 4.08. The number of nitrogens with one attached hydrogen (secondary N) is 1. The number of hydrogen-bond donors (Lipinski definition) is 1. The summed E-state index contributed by atoms with van der Waals surface area (Å²) in [5.74, 6) is 1.69. The van der Waals surface area contributed by atoms with Gasteiger partial charge in [0.2, 0.25) is 0 Å². The SMILES string of the molecule is COCCN1CC(CC(C)C)NCC1C1CCCCC1. The Morgan fingerprint density at radius 1 is 1.20 bits per heavy atom. The molecule has 2 aliphatic rings. The minimum atomic E-state index is 0.673. The maximum Gasteiger partial charge on any atom is 0.0589 e. The van der Waals surface area contributed by atoms with Crippen LogP contribution in [0.5, 0.6) is 0 Å². The first-order chi connectivity index (χ1) is 9.70. The fraction of sp³-hybridized carbons (Fsp3) is 1.00. The summed E-state index contributed by atoms with van der Waals surface area (Å²) in [7, 11) is 1.82. The van der Waals surface area contributed by atoms with Crippen molar-refractivity contribution in [3.05, 3.63) is 0 Å². The van der Waals surface area contributed by atoms with Crippen molar-refractivity contribution in [1.82, 2.24) is 10.2 Å². The Balaban J connectivity index is 1.91. The molecule has 0 aromatic rings. The maximum absolute atomic E-state index is 5.33. The minimum absolute atomic E-state index is 0.673. The largest absolute Gasteiger partial charge is 0.383 e. The number of piperazine rings is 1. The molecular formula is C17H34N2O. The summed E-state index contributed by atoms with van der Waals surface area (Å²) in [6.07, 6.45) is 8.49. The predicted molar refractivity (Wildman–Crippen MR) is 85.1 cm³/mol. The lowest BCUT2D eigenvalue weighted by molar-refractivity contribution is 0.0443. The van der Waals surface area contributed by atoms with Gasteiger partial charge in [-0.05, 0) is 31.1 Å². The second-order valence-electron chi connectivity index (χ2n) is 7.19. The maximum atomic E-state index is 5.33. The summed E-state index contributed by atoms with van der Waals surface area (Å²) in [5, 5.41) is 3.82. The number of ether oxygens (including phenoxy) is 1. The molecule has 2 unspecified atom stereocenters. The first-order valence-corrected chi connectivity index (χ1v) is 8.67. The van der Waals surface area contributed by atoms with Gasteiger partial charge in [-0.3, -0.25) is 4.90 Å². The minimum Gasteiger partial charge on any atom is -0.383 e. The Hall–Kier alpha value is -0.120. The molecule has 0 amide bonds. The monoisotopic (exact) mass is 282 g/mol. The Morgan fingerprint density at radius 3 is 2.60 bits per heavy atom. The molecule has 3 heteroatoms. The van der Waals surface area contributed by atoms with E-state index in [0.29, 0.717) is 6.04 Å². The molecule has 118 valence electrons. The third-order valence-electron chi connectivity index (χ3n) is 5.07. The van der Waals surface area contributed by atoms with Crippen LogP contribution in [0.25, 0.3) is 0 Å². The molecule has 2 rings (SSSR count). The molecule has 2 atom stereocenters. The molecular weight excluding hydrogens is 248 g/mol. The van der Waals surface area contributed by atoms with Gasteiger partial charge >= 0.3 is 0 Å². The fourth-order valence-corrected chi connectivity index (χ4v) is 4.08. The van der Waals surface area contributed by atoms with Gasteiger partial charge in [-0.2, -0.15) is 0 Å². The van der Waals surface area contributed by atoms with Crippen molar-refractivity contribution in [2.75, 3.05) is 33.4 Å². The molecule has 0 spiro atoms. The smallest absolute Gasteiger partial charge is 0.0589 e. The van der Waals surface area contributed by atoms with Crippen LogP contribution >= 0.6 is 0 Å². The highest BCUT2D eigenvalue weighted by Gasteiger charge is 2.33. The van der Waals surface area contributed by atoms with Crippen LogP contribution in [-0.4, -0.2) is 50.3 Å². The molecule has 0 bridgehead atoms. The zero-order chi connectivity index (χ0) is 14.4. The first kappa shape index (κ1) is 16.3. The average Bonchev–Trinajstić information content (AvgIpc) is 2.45. The number of nitrogens with zero attached hydrogens (tertiary/aromatic N) is 1. The second kappa shape index (κ2) is 8.35. The van der Waals surface area contributed by atoms with E-state index in [0.717, 1.165) is 31.0 Å². The van der Waals surface area contributed by atoms with Crippen LogP contribution in [0.2, 0.25) is 0 Å². The van der Waals surface area contributed by atoms with Crippen LogP contribution < -0.4 is 5.32 Å². The Morgan fingerprint density at radius 2 is 1.95 bits per heavy atom. The standard InChI is InChI=1S/C17H34N2O/c1-14(2)11-16-13-19(9-10-20-3)17(12-18-16)15-7-5-4-6-8-15/h14-18H,4-13H2,1-3H3. The summed E-state index contributed by atoms with van der Waals surface area (Å²) < 4.78 is 5.33. The topological polar surface area (TPSA) is 24.5 Å². The molecule has 1 aliphatic heterocycles.